The first-order chi connectivity index (χ1) is 8.65. The van der Waals surface area contributed by atoms with Gasteiger partial charge in [0.15, 0.2) is 6.10 Å². The Balaban J connectivity index is 1.72. The quantitative estimate of drug-likeness (QED) is 0.890. The van der Waals surface area contributed by atoms with E-state index in [0.717, 1.165) is 17.9 Å². The van der Waals surface area contributed by atoms with Crippen LogP contribution in [0, 0.1) is 6.92 Å². The number of aryl methyl sites for hydroxylation is 1. The van der Waals surface area contributed by atoms with Gasteiger partial charge in [-0.2, -0.15) is 11.8 Å². The third kappa shape index (κ3) is 3.75. The van der Waals surface area contributed by atoms with E-state index >= 15 is 0 Å². The number of hydrogen-bond acceptors (Lipinski definition) is 3. The van der Waals surface area contributed by atoms with Crippen LogP contribution in [0.25, 0.3) is 0 Å². The Hall–Kier alpha value is -1.00. The molecule has 1 aromatic carbocycles. The molecule has 1 N–H and O–H groups in total. The zero-order valence-electron chi connectivity index (χ0n) is 10.5. The zero-order chi connectivity index (χ0) is 13.0. The van der Waals surface area contributed by atoms with Crippen LogP contribution in [0.5, 0.6) is 0 Å². The second-order valence-electron chi connectivity index (χ2n) is 4.67. The molecule has 0 aliphatic carbocycles. The lowest BCUT2D eigenvalue weighted by molar-refractivity contribution is -0.148. The molecule has 18 heavy (non-hydrogen) atoms. The summed E-state index contributed by atoms with van der Waals surface area (Å²) < 4.78 is 5.46. The van der Waals surface area contributed by atoms with Crippen molar-refractivity contribution >= 4 is 17.7 Å². The SMILES string of the molecule is Cc1cccc(CSCC2CCC(C(=O)O)O2)c1. The van der Waals surface area contributed by atoms with Gasteiger partial charge in [0.25, 0.3) is 0 Å². The number of rotatable bonds is 5. The van der Waals surface area contributed by atoms with Crippen molar-refractivity contribution < 1.29 is 14.6 Å². The fourth-order valence-electron chi connectivity index (χ4n) is 2.12. The van der Waals surface area contributed by atoms with Crippen molar-refractivity contribution in [2.24, 2.45) is 0 Å². The van der Waals surface area contributed by atoms with Crippen molar-refractivity contribution in [2.45, 2.75) is 37.7 Å². The summed E-state index contributed by atoms with van der Waals surface area (Å²) in [5.41, 5.74) is 2.59. The lowest BCUT2D eigenvalue weighted by atomic mass is 10.2. The maximum atomic E-state index is 10.7. The van der Waals surface area contributed by atoms with Crippen LogP contribution in [0.15, 0.2) is 24.3 Å². The number of carboxylic acids is 1. The molecule has 0 spiro atoms. The molecule has 2 atom stereocenters. The molecule has 1 aliphatic heterocycles. The van der Waals surface area contributed by atoms with Gasteiger partial charge < -0.3 is 9.84 Å². The molecule has 3 nitrogen and oxygen atoms in total. The lowest BCUT2D eigenvalue weighted by Gasteiger charge is -2.10. The van der Waals surface area contributed by atoms with E-state index in [1.165, 1.54) is 11.1 Å². The number of ether oxygens (including phenoxy) is 1. The molecule has 4 heteroatoms. The summed E-state index contributed by atoms with van der Waals surface area (Å²) in [4.78, 5) is 10.7. The molecule has 0 radical (unpaired) electrons. The van der Waals surface area contributed by atoms with Gasteiger partial charge in [0.05, 0.1) is 6.10 Å². The molecule has 1 saturated heterocycles. The second kappa shape index (κ2) is 6.25. The van der Waals surface area contributed by atoms with Gasteiger partial charge in [0, 0.05) is 11.5 Å². The summed E-state index contributed by atoms with van der Waals surface area (Å²) in [5.74, 6) is 0.998. The molecule has 98 valence electrons. The van der Waals surface area contributed by atoms with E-state index in [-0.39, 0.29) is 6.10 Å². The smallest absolute Gasteiger partial charge is 0.332 e. The first-order valence-electron chi connectivity index (χ1n) is 6.16. The predicted octanol–water partition coefficient (Wildman–Crippen LogP) is 2.86. The second-order valence-corrected chi connectivity index (χ2v) is 5.70. The molecule has 0 bridgehead atoms. The molecule has 0 amide bonds. The van der Waals surface area contributed by atoms with Crippen LogP contribution in [-0.4, -0.2) is 29.0 Å². The van der Waals surface area contributed by atoms with Crippen molar-refractivity contribution in [2.75, 3.05) is 5.75 Å². The van der Waals surface area contributed by atoms with Crippen LogP contribution in [0.4, 0.5) is 0 Å². The highest BCUT2D eigenvalue weighted by molar-refractivity contribution is 7.98. The van der Waals surface area contributed by atoms with E-state index in [1.54, 1.807) is 0 Å². The Morgan fingerprint density at radius 2 is 2.33 bits per heavy atom. The van der Waals surface area contributed by atoms with E-state index < -0.39 is 12.1 Å². The lowest BCUT2D eigenvalue weighted by Crippen LogP contribution is -2.21. The van der Waals surface area contributed by atoms with Crippen LogP contribution in [-0.2, 0) is 15.3 Å². The molecule has 2 unspecified atom stereocenters. The molecular weight excluding hydrogens is 248 g/mol. The average molecular weight is 266 g/mol. The van der Waals surface area contributed by atoms with E-state index in [1.807, 2.05) is 11.8 Å². The first-order valence-corrected chi connectivity index (χ1v) is 7.32. The minimum atomic E-state index is -0.832. The molecular formula is C14H18O3S. The number of carboxylic acid groups (broad SMARTS) is 1. The van der Waals surface area contributed by atoms with Crippen LogP contribution in [0.1, 0.15) is 24.0 Å². The highest BCUT2D eigenvalue weighted by Gasteiger charge is 2.30. The minimum Gasteiger partial charge on any atom is -0.479 e. The van der Waals surface area contributed by atoms with Crippen LogP contribution in [0.2, 0.25) is 0 Å². The Morgan fingerprint density at radius 1 is 1.50 bits per heavy atom. The molecule has 0 saturated carbocycles. The highest BCUT2D eigenvalue weighted by Crippen LogP contribution is 2.24. The van der Waals surface area contributed by atoms with Gasteiger partial charge in [-0.05, 0) is 25.3 Å². The highest BCUT2D eigenvalue weighted by atomic mass is 32.2. The van der Waals surface area contributed by atoms with Gasteiger partial charge in [-0.25, -0.2) is 4.79 Å². The van der Waals surface area contributed by atoms with Gasteiger partial charge in [0.1, 0.15) is 0 Å². The summed E-state index contributed by atoms with van der Waals surface area (Å²) in [6.07, 6.45) is 1.01. The molecule has 1 aliphatic rings. The summed E-state index contributed by atoms with van der Waals surface area (Å²) in [7, 11) is 0. The van der Waals surface area contributed by atoms with Gasteiger partial charge >= 0.3 is 5.97 Å². The topological polar surface area (TPSA) is 46.5 Å². The number of thioether (sulfide) groups is 1. The van der Waals surface area contributed by atoms with Gasteiger partial charge in [0.2, 0.25) is 0 Å². The van der Waals surface area contributed by atoms with Crippen molar-refractivity contribution in [3.8, 4) is 0 Å². The van der Waals surface area contributed by atoms with Crippen molar-refractivity contribution in [3.63, 3.8) is 0 Å². The number of carbonyl (C=O) groups is 1. The molecule has 1 aromatic rings. The molecule has 1 heterocycles. The normalized spacial score (nSPS) is 23.2. The fraction of sp³-hybridized carbons (Fsp3) is 0.500. The van der Waals surface area contributed by atoms with Crippen LogP contribution < -0.4 is 0 Å². The largest absolute Gasteiger partial charge is 0.479 e. The maximum absolute atomic E-state index is 10.7. The standard InChI is InChI=1S/C14H18O3S/c1-10-3-2-4-11(7-10)8-18-9-12-5-6-13(17-12)14(15)16/h2-4,7,12-13H,5-6,8-9H2,1H3,(H,15,16). The van der Waals surface area contributed by atoms with E-state index in [2.05, 4.69) is 31.2 Å². The third-order valence-corrected chi connectivity index (χ3v) is 4.18. The Kier molecular flexibility index (Phi) is 4.66. The Morgan fingerprint density at radius 3 is 3.00 bits per heavy atom. The molecule has 2 rings (SSSR count). The van der Waals surface area contributed by atoms with Gasteiger partial charge in [-0.3, -0.25) is 0 Å². The summed E-state index contributed by atoms with van der Waals surface area (Å²) >= 11 is 1.81. The number of aliphatic carboxylic acids is 1. The predicted molar refractivity (Wildman–Crippen MR) is 72.9 cm³/mol. The molecule has 1 fully saturated rings. The first kappa shape index (κ1) is 13.4. The van der Waals surface area contributed by atoms with Gasteiger partial charge in [-0.1, -0.05) is 29.8 Å². The fourth-order valence-corrected chi connectivity index (χ4v) is 3.16. The van der Waals surface area contributed by atoms with Crippen molar-refractivity contribution in [1.82, 2.24) is 0 Å². The number of hydrogen-bond donors (Lipinski definition) is 1. The third-order valence-electron chi connectivity index (χ3n) is 3.04. The maximum Gasteiger partial charge on any atom is 0.332 e. The Bertz CT molecular complexity index is 419. The van der Waals surface area contributed by atoms with E-state index in [4.69, 9.17) is 9.84 Å². The summed E-state index contributed by atoms with van der Waals surface area (Å²) in [5, 5.41) is 8.83. The zero-order valence-corrected chi connectivity index (χ0v) is 11.3. The van der Waals surface area contributed by atoms with Crippen molar-refractivity contribution in [1.29, 1.82) is 0 Å². The monoisotopic (exact) mass is 266 g/mol. The molecule has 0 aromatic heterocycles. The van der Waals surface area contributed by atoms with Crippen LogP contribution in [0.3, 0.4) is 0 Å². The van der Waals surface area contributed by atoms with E-state index in [9.17, 15) is 4.79 Å². The summed E-state index contributed by atoms with van der Waals surface area (Å²) in [6, 6.07) is 8.46. The Labute approximate surface area is 112 Å². The minimum absolute atomic E-state index is 0.0981. The van der Waals surface area contributed by atoms with Crippen LogP contribution >= 0.6 is 11.8 Å². The summed E-state index contributed by atoms with van der Waals surface area (Å²) in [6.45, 7) is 2.09. The van der Waals surface area contributed by atoms with E-state index in [0.29, 0.717) is 6.42 Å². The average Bonchev–Trinajstić information content (AvgIpc) is 2.78. The number of benzene rings is 1. The van der Waals surface area contributed by atoms with Crippen molar-refractivity contribution in [3.05, 3.63) is 35.4 Å². The van der Waals surface area contributed by atoms with Gasteiger partial charge in [-0.15, -0.1) is 0 Å².